The summed E-state index contributed by atoms with van der Waals surface area (Å²) in [6.45, 7) is 2.19. The number of rotatable bonds is 2. The standard InChI is InChI=1S/C30H26N2O2/c31-23-10-14-26-28(18-23)34-29-19-24(32-16-2-1-3-17-32)11-15-27(29)30(26)22-6-4-20(5-7-22)21-8-12-25(33)13-9-21/h4-15,18-19H,1-3,16-17H2,(H2,31,33)/p+1. The Labute approximate surface area is 198 Å². The van der Waals surface area contributed by atoms with Gasteiger partial charge >= 0.3 is 0 Å². The molecule has 34 heavy (non-hydrogen) atoms. The zero-order valence-electron chi connectivity index (χ0n) is 19.0. The molecule has 0 atom stereocenters. The molecule has 6 rings (SSSR count). The lowest BCUT2D eigenvalue weighted by Gasteiger charge is -2.16. The average molecular weight is 448 g/mol. The van der Waals surface area contributed by atoms with E-state index in [1.807, 2.05) is 24.3 Å². The van der Waals surface area contributed by atoms with Crippen LogP contribution in [0.25, 0.3) is 44.5 Å². The predicted molar refractivity (Wildman–Crippen MR) is 139 cm³/mol. The highest BCUT2D eigenvalue weighted by molar-refractivity contribution is 6.02. The molecule has 0 radical (unpaired) electrons. The minimum atomic E-state index is 0.273. The molecule has 3 N–H and O–H groups in total. The molecule has 3 aliphatic rings. The van der Waals surface area contributed by atoms with Crippen molar-refractivity contribution in [3.63, 3.8) is 0 Å². The number of benzene rings is 4. The van der Waals surface area contributed by atoms with E-state index in [2.05, 4.69) is 53.1 Å². The summed E-state index contributed by atoms with van der Waals surface area (Å²) in [7, 11) is 0. The average Bonchev–Trinajstić information content (AvgIpc) is 2.88. The zero-order chi connectivity index (χ0) is 23.1. The molecule has 0 unspecified atom stereocenters. The van der Waals surface area contributed by atoms with Gasteiger partial charge in [-0.15, -0.1) is 0 Å². The largest absolute Gasteiger partial charge is 0.508 e. The van der Waals surface area contributed by atoms with Gasteiger partial charge in [0.25, 0.3) is 0 Å². The summed E-state index contributed by atoms with van der Waals surface area (Å²) in [6.07, 6.45) is 3.78. The monoisotopic (exact) mass is 447 g/mol. The Hall–Kier alpha value is -4.05. The maximum absolute atomic E-state index is 9.60. The van der Waals surface area contributed by atoms with Gasteiger partial charge in [0.1, 0.15) is 30.2 Å². The van der Waals surface area contributed by atoms with Crippen molar-refractivity contribution in [2.45, 2.75) is 19.3 Å². The summed E-state index contributed by atoms with van der Waals surface area (Å²) in [5.41, 5.74) is 13.1. The van der Waals surface area contributed by atoms with Crippen LogP contribution >= 0.6 is 0 Å². The molecular weight excluding hydrogens is 420 g/mol. The number of hydrogen-bond acceptors (Lipinski definition) is 3. The van der Waals surface area contributed by atoms with Crippen molar-refractivity contribution in [3.8, 4) is 39.3 Å². The topological polar surface area (TPSA) is 62.4 Å². The fourth-order valence-electron chi connectivity index (χ4n) is 5.04. The van der Waals surface area contributed by atoms with Gasteiger partial charge in [-0.1, -0.05) is 36.4 Å². The molecule has 1 fully saturated rings. The number of nitrogens with two attached hydrogens (primary N) is 1. The van der Waals surface area contributed by atoms with E-state index in [-0.39, 0.29) is 5.75 Å². The molecule has 4 nitrogen and oxygen atoms in total. The Kier molecular flexibility index (Phi) is 5.06. The highest BCUT2D eigenvalue weighted by atomic mass is 16.3. The second-order valence-corrected chi connectivity index (χ2v) is 9.09. The summed E-state index contributed by atoms with van der Waals surface area (Å²) in [6, 6.07) is 28.4. The van der Waals surface area contributed by atoms with Gasteiger partial charge in [0.15, 0.2) is 0 Å². The third-order valence-electron chi connectivity index (χ3n) is 6.82. The number of phenols is 1. The summed E-state index contributed by atoms with van der Waals surface area (Å²) in [5, 5.41) is 11.9. The molecule has 1 aliphatic carbocycles. The van der Waals surface area contributed by atoms with Gasteiger partial charge in [0, 0.05) is 47.2 Å². The number of anilines is 1. The minimum Gasteiger partial charge on any atom is -0.508 e. The molecule has 0 spiro atoms. The lowest BCUT2D eigenvalue weighted by atomic mass is 9.92. The quantitative estimate of drug-likeness (QED) is 0.195. The summed E-state index contributed by atoms with van der Waals surface area (Å²) < 4.78 is 8.85. The van der Waals surface area contributed by atoms with Gasteiger partial charge in [-0.05, 0) is 53.4 Å². The van der Waals surface area contributed by atoms with E-state index in [0.29, 0.717) is 5.69 Å². The van der Waals surface area contributed by atoms with Crippen molar-refractivity contribution in [2.75, 3.05) is 18.8 Å². The fraction of sp³-hybridized carbons (Fsp3) is 0.167. The maximum atomic E-state index is 9.60. The number of phenolic OH excluding ortho intramolecular Hbond substituents is 1. The van der Waals surface area contributed by atoms with Crippen LogP contribution in [0.3, 0.4) is 0 Å². The van der Waals surface area contributed by atoms with Crippen molar-refractivity contribution in [2.24, 2.45) is 0 Å². The highest BCUT2D eigenvalue weighted by Gasteiger charge is 2.19. The van der Waals surface area contributed by atoms with Crippen molar-refractivity contribution in [1.82, 2.24) is 4.58 Å². The number of nitrogen functional groups attached to an aromatic ring is 1. The lowest BCUT2D eigenvalue weighted by molar-refractivity contribution is 0.451. The molecule has 168 valence electrons. The van der Waals surface area contributed by atoms with Crippen LogP contribution in [-0.4, -0.2) is 18.2 Å². The molecule has 0 saturated carbocycles. The van der Waals surface area contributed by atoms with Gasteiger partial charge in [0.2, 0.25) is 5.36 Å². The summed E-state index contributed by atoms with van der Waals surface area (Å²) in [4.78, 5) is 0. The fourth-order valence-corrected chi connectivity index (χ4v) is 5.04. The minimum absolute atomic E-state index is 0.273. The van der Waals surface area contributed by atoms with E-state index < -0.39 is 0 Å². The second-order valence-electron chi connectivity index (χ2n) is 9.09. The first-order valence-electron chi connectivity index (χ1n) is 11.9. The van der Waals surface area contributed by atoms with Crippen LogP contribution in [-0.2, 0) is 0 Å². The Balaban J connectivity index is 1.54. The van der Waals surface area contributed by atoms with Gasteiger partial charge in [0.05, 0.1) is 6.07 Å². The van der Waals surface area contributed by atoms with Crippen molar-refractivity contribution >= 4 is 16.7 Å². The van der Waals surface area contributed by atoms with Crippen LogP contribution in [0.5, 0.6) is 5.75 Å². The number of nitrogens with zero attached hydrogens (tertiary/aromatic N) is 1. The first-order valence-corrected chi connectivity index (χ1v) is 11.9. The van der Waals surface area contributed by atoms with Crippen LogP contribution in [0.15, 0.2) is 89.3 Å². The van der Waals surface area contributed by atoms with Gasteiger partial charge in [-0.2, -0.15) is 0 Å². The van der Waals surface area contributed by atoms with Crippen LogP contribution in [0.2, 0.25) is 0 Å². The van der Waals surface area contributed by atoms with Crippen molar-refractivity contribution in [3.05, 3.63) is 90.3 Å². The molecule has 2 heterocycles. The number of hydrogen-bond donors (Lipinski definition) is 2. The predicted octanol–water partition coefficient (Wildman–Crippen LogP) is 6.12. The van der Waals surface area contributed by atoms with E-state index in [1.165, 1.54) is 24.6 Å². The Bertz CT molecular complexity index is 1520. The molecule has 4 heteroatoms. The SMILES string of the molecule is Nc1ccc2c(-c3ccc(-c4ccc(O)cc4)cc3)c3ccc(=[N+]4CCCCC4)cc-3oc2c1. The first-order chi connectivity index (χ1) is 16.7. The highest BCUT2D eigenvalue weighted by Crippen LogP contribution is 2.40. The first kappa shape index (κ1) is 20.5. The van der Waals surface area contributed by atoms with Crippen LogP contribution in [0.4, 0.5) is 5.69 Å². The molecule has 1 saturated heterocycles. The molecule has 0 amide bonds. The number of fused-ring (bicyclic) bond motifs is 2. The van der Waals surface area contributed by atoms with Crippen LogP contribution in [0.1, 0.15) is 19.3 Å². The molecule has 0 aromatic heterocycles. The van der Waals surface area contributed by atoms with Crippen LogP contribution in [0, 0.1) is 0 Å². The van der Waals surface area contributed by atoms with E-state index in [1.54, 1.807) is 12.1 Å². The molecule has 3 aromatic carbocycles. The van der Waals surface area contributed by atoms with Crippen molar-refractivity contribution < 1.29 is 9.52 Å². The van der Waals surface area contributed by atoms with Gasteiger partial charge in [-0.3, -0.25) is 0 Å². The summed E-state index contributed by atoms with van der Waals surface area (Å²) in [5.74, 6) is 1.15. The van der Waals surface area contributed by atoms with E-state index >= 15 is 0 Å². The van der Waals surface area contributed by atoms with Crippen LogP contribution < -0.4 is 15.7 Å². The number of piperidine rings is 1. The van der Waals surface area contributed by atoms with Gasteiger partial charge < -0.3 is 15.3 Å². The normalized spacial score (nSPS) is 14.1. The Morgan fingerprint density at radius 1 is 0.706 bits per heavy atom. The smallest absolute Gasteiger partial charge is 0.203 e. The third-order valence-corrected chi connectivity index (χ3v) is 6.82. The maximum Gasteiger partial charge on any atom is 0.203 e. The molecule has 0 bridgehead atoms. The molecular formula is C30H27N2O2+. The van der Waals surface area contributed by atoms with E-state index in [9.17, 15) is 5.11 Å². The molecule has 3 aromatic rings. The molecule has 2 aliphatic heterocycles. The van der Waals surface area contributed by atoms with E-state index in [0.717, 1.165) is 57.6 Å². The Morgan fingerprint density at radius 3 is 2.12 bits per heavy atom. The van der Waals surface area contributed by atoms with Crippen molar-refractivity contribution in [1.29, 1.82) is 0 Å². The third kappa shape index (κ3) is 3.71. The van der Waals surface area contributed by atoms with Gasteiger partial charge in [-0.25, -0.2) is 4.58 Å². The second kappa shape index (κ2) is 8.38. The number of aromatic hydroxyl groups is 1. The lowest BCUT2D eigenvalue weighted by Crippen LogP contribution is -2.34. The van der Waals surface area contributed by atoms with E-state index in [4.69, 9.17) is 10.2 Å². The Morgan fingerprint density at radius 2 is 1.38 bits per heavy atom. The zero-order valence-corrected chi connectivity index (χ0v) is 19.0. The summed E-state index contributed by atoms with van der Waals surface area (Å²) >= 11 is 0.